The van der Waals surface area contributed by atoms with Crippen LogP contribution in [0.15, 0.2) is 84.1 Å². The van der Waals surface area contributed by atoms with Crippen LogP contribution in [-0.2, 0) is 11.3 Å². The molecule has 0 atom stereocenters. The minimum Gasteiger partial charge on any atom is -0.497 e. The fourth-order valence-electron chi connectivity index (χ4n) is 3.96. The zero-order chi connectivity index (χ0) is 26.2. The Hall–Kier alpha value is -4.59. The van der Waals surface area contributed by atoms with Gasteiger partial charge in [-0.05, 0) is 72.6 Å². The zero-order valence-corrected chi connectivity index (χ0v) is 21.3. The van der Waals surface area contributed by atoms with Crippen LogP contribution < -0.4 is 20.4 Å². The van der Waals surface area contributed by atoms with Gasteiger partial charge in [0, 0.05) is 61.1 Å². The number of carbonyl (C=O) groups is 2. The molecule has 8 nitrogen and oxygen atoms in total. The van der Waals surface area contributed by atoms with Crippen molar-refractivity contribution < 1.29 is 14.3 Å². The Labute approximate surface area is 216 Å². The van der Waals surface area contributed by atoms with Gasteiger partial charge in [0.2, 0.25) is 5.91 Å². The highest BCUT2D eigenvalue weighted by molar-refractivity contribution is 5.98. The number of ether oxygens (including phenoxy) is 1. The number of hydrogen-bond acceptors (Lipinski definition) is 5. The molecular formula is C29H31N5O3. The lowest BCUT2D eigenvalue weighted by Gasteiger charge is -2.13. The number of benzene rings is 3. The summed E-state index contributed by atoms with van der Waals surface area (Å²) >= 11 is 0. The van der Waals surface area contributed by atoms with Crippen LogP contribution in [0.4, 0.5) is 11.4 Å². The third-order valence-corrected chi connectivity index (χ3v) is 5.98. The van der Waals surface area contributed by atoms with E-state index in [2.05, 4.69) is 20.4 Å². The van der Waals surface area contributed by atoms with Crippen molar-refractivity contribution >= 4 is 40.3 Å². The van der Waals surface area contributed by atoms with Crippen molar-refractivity contribution in [2.75, 3.05) is 31.4 Å². The first-order chi connectivity index (χ1) is 17.9. The fraction of sp³-hybridized carbons (Fsp3) is 0.207. The molecule has 1 heterocycles. The van der Waals surface area contributed by atoms with Crippen molar-refractivity contribution in [2.24, 2.45) is 5.10 Å². The van der Waals surface area contributed by atoms with Gasteiger partial charge in [-0.25, -0.2) is 5.43 Å². The largest absolute Gasteiger partial charge is 0.497 e. The molecule has 0 aliphatic carbocycles. The first kappa shape index (κ1) is 25.5. The summed E-state index contributed by atoms with van der Waals surface area (Å²) in [7, 11) is 5.56. The highest BCUT2D eigenvalue weighted by atomic mass is 16.5. The third kappa shape index (κ3) is 6.76. The third-order valence-electron chi connectivity index (χ3n) is 5.98. The second-order valence-corrected chi connectivity index (χ2v) is 8.85. The van der Waals surface area contributed by atoms with Crippen molar-refractivity contribution in [1.29, 1.82) is 0 Å². The summed E-state index contributed by atoms with van der Waals surface area (Å²) < 4.78 is 7.29. The van der Waals surface area contributed by atoms with Crippen LogP contribution in [0.5, 0.6) is 5.75 Å². The molecule has 4 aromatic rings. The van der Waals surface area contributed by atoms with Gasteiger partial charge in [-0.2, -0.15) is 5.10 Å². The van der Waals surface area contributed by atoms with E-state index in [9.17, 15) is 9.59 Å². The van der Waals surface area contributed by atoms with E-state index in [-0.39, 0.29) is 11.8 Å². The van der Waals surface area contributed by atoms with Gasteiger partial charge in [0.1, 0.15) is 5.75 Å². The molecule has 0 radical (unpaired) electrons. The number of rotatable bonds is 10. The number of hydrazone groups is 1. The van der Waals surface area contributed by atoms with Crippen LogP contribution in [0, 0.1) is 0 Å². The Balaban J connectivity index is 1.29. The van der Waals surface area contributed by atoms with Crippen molar-refractivity contribution in [3.05, 3.63) is 90.1 Å². The van der Waals surface area contributed by atoms with E-state index in [0.29, 0.717) is 24.9 Å². The molecule has 8 heteroatoms. The minimum absolute atomic E-state index is 0.0116. The van der Waals surface area contributed by atoms with Gasteiger partial charge in [0.05, 0.1) is 13.3 Å². The van der Waals surface area contributed by atoms with Gasteiger partial charge < -0.3 is 19.5 Å². The molecule has 0 bridgehead atoms. The summed E-state index contributed by atoms with van der Waals surface area (Å²) in [4.78, 5) is 26.9. The molecule has 2 N–H and O–H groups in total. The number of amides is 2. The van der Waals surface area contributed by atoms with Gasteiger partial charge in [-0.15, -0.1) is 0 Å². The standard InChI is InChI=1S/C29H31N5O3/c1-33(2)25-12-10-24(11-13-25)31-28(35)8-5-16-34-17-15-22-19-23(9-14-27(22)34)29(36)32-30-20-21-6-4-7-26(18-21)37-3/h4,6-7,9-15,17-20H,5,8,16H2,1-3H3,(H,31,35)(H,32,36). The number of nitrogens with zero attached hydrogens (tertiary/aromatic N) is 3. The second-order valence-electron chi connectivity index (χ2n) is 8.85. The maximum absolute atomic E-state index is 12.6. The molecule has 0 aliphatic heterocycles. The average Bonchev–Trinajstić information content (AvgIpc) is 3.31. The first-order valence-corrected chi connectivity index (χ1v) is 12.1. The van der Waals surface area contributed by atoms with Crippen LogP contribution in [0.25, 0.3) is 10.9 Å². The predicted molar refractivity (Wildman–Crippen MR) is 149 cm³/mol. The van der Waals surface area contributed by atoms with E-state index in [4.69, 9.17) is 4.74 Å². The summed E-state index contributed by atoms with van der Waals surface area (Å²) in [6.45, 7) is 0.701. The monoisotopic (exact) mass is 497 g/mol. The highest BCUT2D eigenvalue weighted by Crippen LogP contribution is 2.19. The number of carbonyl (C=O) groups excluding carboxylic acids is 2. The summed E-state index contributed by atoms with van der Waals surface area (Å²) in [6.07, 6.45) is 4.67. The predicted octanol–water partition coefficient (Wildman–Crippen LogP) is 4.90. The van der Waals surface area contributed by atoms with E-state index in [1.165, 1.54) is 0 Å². The Bertz CT molecular complexity index is 1410. The van der Waals surface area contributed by atoms with Crippen LogP contribution in [-0.4, -0.2) is 43.8 Å². The molecule has 0 saturated carbocycles. The molecule has 0 aliphatic rings. The quantitative estimate of drug-likeness (QED) is 0.241. The van der Waals surface area contributed by atoms with E-state index in [1.807, 2.05) is 91.9 Å². The van der Waals surface area contributed by atoms with Crippen LogP contribution >= 0.6 is 0 Å². The smallest absolute Gasteiger partial charge is 0.271 e. The van der Waals surface area contributed by atoms with Gasteiger partial charge in [-0.1, -0.05) is 12.1 Å². The molecule has 37 heavy (non-hydrogen) atoms. The highest BCUT2D eigenvalue weighted by Gasteiger charge is 2.09. The maximum Gasteiger partial charge on any atom is 0.271 e. The van der Waals surface area contributed by atoms with Crippen LogP contribution in [0.2, 0.25) is 0 Å². The Morgan fingerprint density at radius 1 is 1.03 bits per heavy atom. The summed E-state index contributed by atoms with van der Waals surface area (Å²) in [5.74, 6) is 0.424. The molecular weight excluding hydrogens is 466 g/mol. The van der Waals surface area contributed by atoms with Gasteiger partial charge in [0.15, 0.2) is 0 Å². The van der Waals surface area contributed by atoms with E-state index in [0.717, 1.165) is 33.6 Å². The molecule has 3 aromatic carbocycles. The Morgan fingerprint density at radius 2 is 1.84 bits per heavy atom. The lowest BCUT2D eigenvalue weighted by molar-refractivity contribution is -0.116. The molecule has 190 valence electrons. The van der Waals surface area contributed by atoms with Gasteiger partial charge >= 0.3 is 0 Å². The Morgan fingerprint density at radius 3 is 2.59 bits per heavy atom. The SMILES string of the molecule is COc1cccc(C=NNC(=O)c2ccc3c(ccn3CCCC(=O)Nc3ccc(N(C)C)cc3)c2)c1. The van der Waals surface area contributed by atoms with Gasteiger partial charge in [0.25, 0.3) is 5.91 Å². The molecule has 0 spiro atoms. The summed E-state index contributed by atoms with van der Waals surface area (Å²) in [6, 6.07) is 22.7. The summed E-state index contributed by atoms with van der Waals surface area (Å²) in [5.41, 5.74) is 6.80. The minimum atomic E-state index is -0.288. The molecule has 0 saturated heterocycles. The first-order valence-electron chi connectivity index (χ1n) is 12.1. The lowest BCUT2D eigenvalue weighted by atomic mass is 10.1. The topological polar surface area (TPSA) is 88.0 Å². The number of aromatic nitrogens is 1. The van der Waals surface area contributed by atoms with Crippen molar-refractivity contribution in [3.8, 4) is 5.75 Å². The molecule has 0 fully saturated rings. The van der Waals surface area contributed by atoms with Crippen LogP contribution in [0.3, 0.4) is 0 Å². The molecule has 1 aromatic heterocycles. The maximum atomic E-state index is 12.6. The fourth-order valence-corrected chi connectivity index (χ4v) is 3.96. The summed E-state index contributed by atoms with van der Waals surface area (Å²) in [5, 5.41) is 7.95. The number of fused-ring (bicyclic) bond motifs is 1. The molecule has 2 amide bonds. The van der Waals surface area contributed by atoms with E-state index in [1.54, 1.807) is 19.4 Å². The average molecular weight is 498 g/mol. The molecule has 0 unspecified atom stereocenters. The second kappa shape index (κ2) is 11.9. The number of anilines is 2. The van der Waals surface area contributed by atoms with Crippen LogP contribution in [0.1, 0.15) is 28.8 Å². The van der Waals surface area contributed by atoms with E-state index >= 15 is 0 Å². The number of nitrogens with one attached hydrogen (secondary N) is 2. The normalized spacial score (nSPS) is 11.0. The Kier molecular flexibility index (Phi) is 8.20. The van der Waals surface area contributed by atoms with Crippen molar-refractivity contribution in [1.82, 2.24) is 9.99 Å². The lowest BCUT2D eigenvalue weighted by Crippen LogP contribution is -2.17. The van der Waals surface area contributed by atoms with Crippen molar-refractivity contribution in [2.45, 2.75) is 19.4 Å². The van der Waals surface area contributed by atoms with Gasteiger partial charge in [-0.3, -0.25) is 9.59 Å². The zero-order valence-electron chi connectivity index (χ0n) is 21.3. The van der Waals surface area contributed by atoms with Crippen molar-refractivity contribution in [3.63, 3.8) is 0 Å². The number of hydrogen-bond donors (Lipinski definition) is 2. The number of aryl methyl sites for hydroxylation is 1. The van der Waals surface area contributed by atoms with E-state index < -0.39 is 0 Å². The molecule has 4 rings (SSSR count). The number of methoxy groups -OCH3 is 1.